The number of nitrogens with zero attached hydrogens (tertiary/aromatic N) is 1. The number of hydrogen-bond acceptors (Lipinski definition) is 3. The van der Waals surface area contributed by atoms with Crippen molar-refractivity contribution >= 4 is 44.2 Å². The Kier molecular flexibility index (Phi) is 6.48. The summed E-state index contributed by atoms with van der Waals surface area (Å²) in [5.41, 5.74) is 2.02. The molecule has 3 rings (SSSR count). The molecule has 144 valence electrons. The van der Waals surface area contributed by atoms with Gasteiger partial charge in [-0.15, -0.1) is 0 Å². The van der Waals surface area contributed by atoms with Crippen molar-refractivity contribution in [3.8, 4) is 0 Å². The third kappa shape index (κ3) is 4.78. The van der Waals surface area contributed by atoms with Crippen LogP contribution in [0.1, 0.15) is 15.9 Å². The van der Waals surface area contributed by atoms with Gasteiger partial charge in [0.25, 0.3) is 5.91 Å². The Balaban J connectivity index is 1.72. The molecule has 0 heterocycles. The molecule has 0 aliphatic heterocycles. The van der Waals surface area contributed by atoms with Gasteiger partial charge in [-0.2, -0.15) is 4.31 Å². The summed E-state index contributed by atoms with van der Waals surface area (Å²) >= 11 is 2.10. The summed E-state index contributed by atoms with van der Waals surface area (Å²) in [5.74, 6) is -0.234. The van der Waals surface area contributed by atoms with Gasteiger partial charge in [0, 0.05) is 22.8 Å². The van der Waals surface area contributed by atoms with Crippen molar-refractivity contribution in [1.82, 2.24) is 4.31 Å². The number of amides is 1. The van der Waals surface area contributed by atoms with E-state index >= 15 is 0 Å². The molecule has 0 fully saturated rings. The second-order valence-corrected chi connectivity index (χ2v) is 9.41. The van der Waals surface area contributed by atoms with Gasteiger partial charge >= 0.3 is 0 Å². The molecule has 1 amide bonds. The molecule has 3 aromatic rings. The van der Waals surface area contributed by atoms with Crippen LogP contribution in [0.15, 0.2) is 83.8 Å². The number of hydrogen-bond donors (Lipinski definition) is 1. The number of anilines is 1. The average Bonchev–Trinajstić information content (AvgIpc) is 2.69. The van der Waals surface area contributed by atoms with E-state index in [1.54, 1.807) is 31.3 Å². The highest BCUT2D eigenvalue weighted by molar-refractivity contribution is 14.1. The van der Waals surface area contributed by atoms with E-state index in [-0.39, 0.29) is 17.3 Å². The molecule has 0 aliphatic carbocycles. The molecule has 7 heteroatoms. The smallest absolute Gasteiger partial charge is 0.256 e. The molecule has 0 bridgehead atoms. The second kappa shape index (κ2) is 8.85. The fraction of sp³-hybridized carbons (Fsp3) is 0.0952. The van der Waals surface area contributed by atoms with Gasteiger partial charge in [0.15, 0.2) is 0 Å². The minimum Gasteiger partial charge on any atom is -0.322 e. The number of carbonyl (C=O) groups is 1. The van der Waals surface area contributed by atoms with Crippen molar-refractivity contribution in [3.63, 3.8) is 0 Å². The summed E-state index contributed by atoms with van der Waals surface area (Å²) in [7, 11) is -2.07. The van der Waals surface area contributed by atoms with Crippen LogP contribution in [-0.4, -0.2) is 25.7 Å². The molecule has 0 atom stereocenters. The van der Waals surface area contributed by atoms with Crippen LogP contribution < -0.4 is 5.32 Å². The van der Waals surface area contributed by atoms with E-state index in [0.29, 0.717) is 11.3 Å². The highest BCUT2D eigenvalue weighted by atomic mass is 127. The Morgan fingerprint density at radius 1 is 0.929 bits per heavy atom. The zero-order valence-electron chi connectivity index (χ0n) is 15.2. The summed E-state index contributed by atoms with van der Waals surface area (Å²) in [5, 5.41) is 2.79. The van der Waals surface area contributed by atoms with Crippen LogP contribution in [0.5, 0.6) is 0 Å². The van der Waals surface area contributed by atoms with Gasteiger partial charge in [0.1, 0.15) is 0 Å². The van der Waals surface area contributed by atoms with Gasteiger partial charge in [-0.05, 0) is 64.6 Å². The fourth-order valence-electron chi connectivity index (χ4n) is 2.66. The van der Waals surface area contributed by atoms with Crippen molar-refractivity contribution in [3.05, 3.63) is 93.6 Å². The largest absolute Gasteiger partial charge is 0.322 e. The van der Waals surface area contributed by atoms with Crippen LogP contribution in [0.3, 0.4) is 0 Å². The van der Waals surface area contributed by atoms with Crippen molar-refractivity contribution in [2.75, 3.05) is 12.4 Å². The fourth-order valence-corrected chi connectivity index (χ4v) is 4.45. The second-order valence-electron chi connectivity index (χ2n) is 6.21. The Labute approximate surface area is 178 Å². The number of rotatable bonds is 6. The quantitative estimate of drug-likeness (QED) is 0.506. The van der Waals surface area contributed by atoms with Gasteiger partial charge in [-0.3, -0.25) is 4.79 Å². The van der Waals surface area contributed by atoms with Gasteiger partial charge in [0.05, 0.1) is 10.5 Å². The van der Waals surface area contributed by atoms with Crippen LogP contribution in [-0.2, 0) is 16.6 Å². The molecule has 0 saturated heterocycles. The van der Waals surface area contributed by atoms with Crippen molar-refractivity contribution < 1.29 is 13.2 Å². The maximum atomic E-state index is 12.8. The van der Waals surface area contributed by atoms with Crippen LogP contribution in [0, 0.1) is 3.57 Å². The minimum atomic E-state index is -3.62. The molecule has 0 saturated carbocycles. The normalized spacial score (nSPS) is 11.4. The molecular weight excluding hydrogens is 487 g/mol. The summed E-state index contributed by atoms with van der Waals surface area (Å²) in [6, 6.07) is 22.9. The molecule has 1 N–H and O–H groups in total. The van der Waals surface area contributed by atoms with Gasteiger partial charge in [-0.1, -0.05) is 42.5 Å². The van der Waals surface area contributed by atoms with Gasteiger partial charge < -0.3 is 5.32 Å². The Bertz CT molecular complexity index is 1070. The van der Waals surface area contributed by atoms with Crippen molar-refractivity contribution in [2.45, 2.75) is 11.4 Å². The Hall–Kier alpha value is -2.23. The molecule has 28 heavy (non-hydrogen) atoms. The van der Waals surface area contributed by atoms with Crippen LogP contribution in [0.4, 0.5) is 5.69 Å². The molecule has 0 aliphatic rings. The number of sulfonamides is 1. The highest BCUT2D eigenvalue weighted by Crippen LogP contribution is 2.20. The Morgan fingerprint density at radius 2 is 1.54 bits per heavy atom. The van der Waals surface area contributed by atoms with E-state index < -0.39 is 10.0 Å². The van der Waals surface area contributed by atoms with Crippen molar-refractivity contribution in [2.24, 2.45) is 0 Å². The molecule has 0 spiro atoms. The monoisotopic (exact) mass is 506 g/mol. The lowest BCUT2D eigenvalue weighted by atomic mass is 10.2. The van der Waals surface area contributed by atoms with Gasteiger partial charge in [0.2, 0.25) is 10.0 Å². The van der Waals surface area contributed by atoms with Crippen molar-refractivity contribution in [1.29, 1.82) is 0 Å². The topological polar surface area (TPSA) is 66.5 Å². The van der Waals surface area contributed by atoms with E-state index in [4.69, 9.17) is 0 Å². The summed E-state index contributed by atoms with van der Waals surface area (Å²) < 4.78 is 27.7. The minimum absolute atomic E-state index is 0.179. The summed E-state index contributed by atoms with van der Waals surface area (Å²) in [6.07, 6.45) is 0. The standard InChI is InChI=1S/C21H19IN2O3S/c1-24(15-16-7-3-2-4-8-16)28(26,27)18-13-11-17(12-14-18)23-21(25)19-9-5-6-10-20(19)22/h2-14H,15H2,1H3,(H,23,25). The third-order valence-corrected chi connectivity index (χ3v) is 6.95. The van der Waals surface area contributed by atoms with Crippen LogP contribution in [0.2, 0.25) is 0 Å². The summed E-state index contributed by atoms with van der Waals surface area (Å²) in [4.78, 5) is 12.6. The molecular formula is C21H19IN2O3S. The number of benzene rings is 3. The van der Waals surface area contributed by atoms with E-state index in [9.17, 15) is 13.2 Å². The maximum Gasteiger partial charge on any atom is 0.256 e. The first-order valence-electron chi connectivity index (χ1n) is 8.54. The average molecular weight is 506 g/mol. The number of halogens is 1. The lowest BCUT2D eigenvalue weighted by Gasteiger charge is -2.17. The number of nitrogens with one attached hydrogen (secondary N) is 1. The predicted octanol–water partition coefficient (Wildman–Crippen LogP) is 4.36. The lowest BCUT2D eigenvalue weighted by molar-refractivity contribution is 0.102. The molecule has 0 aromatic heterocycles. The third-order valence-electron chi connectivity index (χ3n) is 4.19. The number of carbonyl (C=O) groups excluding carboxylic acids is 1. The first-order valence-corrected chi connectivity index (χ1v) is 11.1. The Morgan fingerprint density at radius 3 is 2.18 bits per heavy atom. The maximum absolute atomic E-state index is 12.8. The van der Waals surface area contributed by atoms with E-state index in [2.05, 4.69) is 27.9 Å². The SMILES string of the molecule is CN(Cc1ccccc1)S(=O)(=O)c1ccc(NC(=O)c2ccccc2I)cc1. The first-order chi connectivity index (χ1) is 13.4. The van der Waals surface area contributed by atoms with Crippen LogP contribution >= 0.6 is 22.6 Å². The molecule has 0 radical (unpaired) electrons. The molecule has 0 unspecified atom stereocenters. The van der Waals surface area contributed by atoms with Crippen LogP contribution in [0.25, 0.3) is 0 Å². The molecule has 5 nitrogen and oxygen atoms in total. The zero-order chi connectivity index (χ0) is 20.1. The van der Waals surface area contributed by atoms with Gasteiger partial charge in [-0.25, -0.2) is 8.42 Å². The molecule has 3 aromatic carbocycles. The zero-order valence-corrected chi connectivity index (χ0v) is 18.1. The first kappa shape index (κ1) is 20.5. The van der Waals surface area contributed by atoms with E-state index in [0.717, 1.165) is 9.13 Å². The van der Waals surface area contributed by atoms with E-state index in [1.165, 1.54) is 16.4 Å². The lowest BCUT2D eigenvalue weighted by Crippen LogP contribution is -2.26. The predicted molar refractivity (Wildman–Crippen MR) is 119 cm³/mol. The van der Waals surface area contributed by atoms with E-state index in [1.807, 2.05) is 42.5 Å². The highest BCUT2D eigenvalue weighted by Gasteiger charge is 2.21. The summed E-state index contributed by atoms with van der Waals surface area (Å²) in [6.45, 7) is 0.286.